The topological polar surface area (TPSA) is 86.9 Å². The van der Waals surface area contributed by atoms with Gasteiger partial charge in [0.25, 0.3) is 5.91 Å². The molecule has 0 aliphatic heterocycles. The first-order valence-corrected chi connectivity index (χ1v) is 9.13. The number of hydrogen-bond acceptors (Lipinski definition) is 3. The number of nitrogens with zero attached hydrogens (tertiary/aromatic N) is 1. The first kappa shape index (κ1) is 17.7. The summed E-state index contributed by atoms with van der Waals surface area (Å²) >= 11 is 0. The first-order valence-electron chi connectivity index (χ1n) is 9.13. The molecule has 6 nitrogen and oxygen atoms in total. The summed E-state index contributed by atoms with van der Waals surface area (Å²) in [7, 11) is 0. The van der Waals surface area contributed by atoms with Crippen LogP contribution in [0.25, 0.3) is 21.8 Å². The van der Waals surface area contributed by atoms with Crippen LogP contribution in [0.1, 0.15) is 29.8 Å². The van der Waals surface area contributed by atoms with E-state index in [-0.39, 0.29) is 11.8 Å². The lowest BCUT2D eigenvalue weighted by atomic mass is 10.1. The van der Waals surface area contributed by atoms with E-state index >= 15 is 0 Å². The molecule has 2 aromatic heterocycles. The Labute approximate surface area is 162 Å². The van der Waals surface area contributed by atoms with Crippen LogP contribution in [0.2, 0.25) is 0 Å². The summed E-state index contributed by atoms with van der Waals surface area (Å²) in [6.07, 6.45) is 2.44. The second-order valence-electron chi connectivity index (χ2n) is 6.64. The molecule has 28 heavy (non-hydrogen) atoms. The average molecular weight is 372 g/mol. The van der Waals surface area contributed by atoms with E-state index in [0.29, 0.717) is 17.1 Å². The van der Waals surface area contributed by atoms with Crippen LogP contribution >= 0.6 is 0 Å². The molecule has 0 spiro atoms. The van der Waals surface area contributed by atoms with Gasteiger partial charge in [-0.05, 0) is 36.2 Å². The van der Waals surface area contributed by atoms with Crippen molar-refractivity contribution in [3.63, 3.8) is 0 Å². The number of aryl methyl sites for hydroxylation is 1. The van der Waals surface area contributed by atoms with Crippen molar-refractivity contribution >= 4 is 45.1 Å². The quantitative estimate of drug-likeness (QED) is 0.493. The molecule has 2 aromatic carbocycles. The standard InChI is InChI=1S/C22H20N4O2/c1-3-14-5-4-6-18-17-8-7-16(12-19(17)26-21(14)18)25-22(28)15-9-10-23-20(11-15)24-13(2)27/h4-12,26H,3H2,1-2H3,(H,25,28)(H,23,24,27). The lowest BCUT2D eigenvalue weighted by Crippen LogP contribution is -2.13. The van der Waals surface area contributed by atoms with Gasteiger partial charge in [0.05, 0.1) is 0 Å². The van der Waals surface area contributed by atoms with Crippen LogP contribution in [0.4, 0.5) is 11.5 Å². The molecule has 0 aliphatic rings. The number of aromatic nitrogens is 2. The van der Waals surface area contributed by atoms with Gasteiger partial charge in [0.2, 0.25) is 5.91 Å². The van der Waals surface area contributed by atoms with E-state index in [1.54, 1.807) is 12.1 Å². The highest BCUT2D eigenvalue weighted by atomic mass is 16.2. The molecule has 4 aromatic rings. The molecule has 0 atom stereocenters. The lowest BCUT2D eigenvalue weighted by Gasteiger charge is -2.07. The number of fused-ring (bicyclic) bond motifs is 3. The van der Waals surface area contributed by atoms with Crippen LogP contribution in [0.15, 0.2) is 54.7 Å². The largest absolute Gasteiger partial charge is 0.354 e. The second-order valence-corrected chi connectivity index (χ2v) is 6.64. The number of hydrogen-bond donors (Lipinski definition) is 3. The van der Waals surface area contributed by atoms with Crippen LogP contribution in [-0.2, 0) is 11.2 Å². The molecule has 4 rings (SSSR count). The maximum atomic E-state index is 12.6. The van der Waals surface area contributed by atoms with E-state index < -0.39 is 0 Å². The minimum Gasteiger partial charge on any atom is -0.354 e. The zero-order valence-electron chi connectivity index (χ0n) is 15.7. The van der Waals surface area contributed by atoms with Gasteiger partial charge >= 0.3 is 0 Å². The van der Waals surface area contributed by atoms with E-state index in [4.69, 9.17) is 0 Å². The molecule has 0 aliphatic carbocycles. The molecule has 0 unspecified atom stereocenters. The number of nitrogens with one attached hydrogen (secondary N) is 3. The number of benzene rings is 2. The number of pyridine rings is 1. The van der Waals surface area contributed by atoms with E-state index in [1.807, 2.05) is 18.2 Å². The number of carbonyl (C=O) groups is 2. The van der Waals surface area contributed by atoms with Crippen molar-refractivity contribution in [2.45, 2.75) is 20.3 Å². The third-order valence-corrected chi connectivity index (χ3v) is 4.69. The van der Waals surface area contributed by atoms with Crippen LogP contribution < -0.4 is 10.6 Å². The summed E-state index contributed by atoms with van der Waals surface area (Å²) in [5, 5.41) is 7.79. The van der Waals surface area contributed by atoms with E-state index in [1.165, 1.54) is 24.1 Å². The Balaban J connectivity index is 1.64. The summed E-state index contributed by atoms with van der Waals surface area (Å²) < 4.78 is 0. The van der Waals surface area contributed by atoms with Crippen molar-refractivity contribution in [1.29, 1.82) is 0 Å². The molecular formula is C22H20N4O2. The van der Waals surface area contributed by atoms with Gasteiger partial charge < -0.3 is 15.6 Å². The minimum atomic E-state index is -0.265. The number of H-pyrrole nitrogens is 1. The molecule has 2 amide bonds. The fourth-order valence-electron chi connectivity index (χ4n) is 3.39. The monoisotopic (exact) mass is 372 g/mol. The van der Waals surface area contributed by atoms with Crippen LogP contribution in [0, 0.1) is 0 Å². The predicted molar refractivity (Wildman–Crippen MR) is 112 cm³/mol. The molecule has 3 N–H and O–H groups in total. The second kappa shape index (κ2) is 7.15. The smallest absolute Gasteiger partial charge is 0.255 e. The molecule has 0 bridgehead atoms. The number of carbonyl (C=O) groups excluding carboxylic acids is 2. The fraction of sp³-hybridized carbons (Fsp3) is 0.136. The number of rotatable bonds is 4. The number of para-hydroxylation sites is 1. The van der Waals surface area contributed by atoms with Gasteiger partial charge in [-0.1, -0.05) is 31.2 Å². The third-order valence-electron chi connectivity index (χ3n) is 4.69. The number of aromatic amines is 1. The van der Waals surface area contributed by atoms with Crippen LogP contribution in [-0.4, -0.2) is 21.8 Å². The van der Waals surface area contributed by atoms with Crippen molar-refractivity contribution < 1.29 is 9.59 Å². The SMILES string of the molecule is CCc1cccc2c1[nH]c1cc(NC(=O)c3ccnc(NC(C)=O)c3)ccc12. The molecule has 2 heterocycles. The Hall–Kier alpha value is -3.67. The molecule has 0 saturated heterocycles. The van der Waals surface area contributed by atoms with Crippen molar-refractivity contribution in [1.82, 2.24) is 9.97 Å². The lowest BCUT2D eigenvalue weighted by molar-refractivity contribution is -0.114. The first-order chi connectivity index (χ1) is 13.5. The van der Waals surface area contributed by atoms with Crippen molar-refractivity contribution in [3.05, 3.63) is 65.9 Å². The Bertz CT molecular complexity index is 1210. The van der Waals surface area contributed by atoms with Gasteiger partial charge in [0, 0.05) is 46.2 Å². The molecule has 0 fully saturated rings. The normalized spacial score (nSPS) is 10.9. The highest BCUT2D eigenvalue weighted by Gasteiger charge is 2.11. The summed E-state index contributed by atoms with van der Waals surface area (Å²) in [6.45, 7) is 3.53. The van der Waals surface area contributed by atoms with E-state index in [9.17, 15) is 9.59 Å². The molecule has 0 radical (unpaired) electrons. The zero-order chi connectivity index (χ0) is 19.7. The average Bonchev–Trinajstić information content (AvgIpc) is 3.05. The Morgan fingerprint density at radius 1 is 1.04 bits per heavy atom. The van der Waals surface area contributed by atoms with Gasteiger partial charge in [-0.2, -0.15) is 0 Å². The van der Waals surface area contributed by atoms with E-state index in [0.717, 1.165) is 22.8 Å². The summed E-state index contributed by atoms with van der Waals surface area (Å²) in [4.78, 5) is 31.3. The van der Waals surface area contributed by atoms with Gasteiger partial charge in [-0.15, -0.1) is 0 Å². The van der Waals surface area contributed by atoms with Crippen molar-refractivity contribution in [3.8, 4) is 0 Å². The van der Waals surface area contributed by atoms with Gasteiger partial charge in [-0.25, -0.2) is 4.98 Å². The predicted octanol–water partition coefficient (Wildman–Crippen LogP) is 4.49. The van der Waals surface area contributed by atoms with Gasteiger partial charge in [0.15, 0.2) is 0 Å². The maximum Gasteiger partial charge on any atom is 0.255 e. The minimum absolute atomic E-state index is 0.235. The highest BCUT2D eigenvalue weighted by Crippen LogP contribution is 2.29. The van der Waals surface area contributed by atoms with Crippen LogP contribution in [0.5, 0.6) is 0 Å². The van der Waals surface area contributed by atoms with E-state index in [2.05, 4.69) is 45.7 Å². The Kier molecular flexibility index (Phi) is 4.53. The number of anilines is 2. The molecule has 0 saturated carbocycles. The highest BCUT2D eigenvalue weighted by molar-refractivity contribution is 6.10. The maximum absolute atomic E-state index is 12.6. The van der Waals surface area contributed by atoms with Crippen LogP contribution in [0.3, 0.4) is 0 Å². The zero-order valence-corrected chi connectivity index (χ0v) is 15.7. The number of amides is 2. The van der Waals surface area contributed by atoms with Crippen molar-refractivity contribution in [2.75, 3.05) is 10.6 Å². The molecular weight excluding hydrogens is 352 g/mol. The van der Waals surface area contributed by atoms with Gasteiger partial charge in [0.1, 0.15) is 5.82 Å². The Morgan fingerprint density at radius 3 is 2.68 bits per heavy atom. The fourth-order valence-corrected chi connectivity index (χ4v) is 3.39. The summed E-state index contributed by atoms with van der Waals surface area (Å²) in [5.41, 5.74) is 4.49. The summed E-state index contributed by atoms with van der Waals surface area (Å²) in [5.74, 6) is -0.155. The van der Waals surface area contributed by atoms with Crippen molar-refractivity contribution in [2.24, 2.45) is 0 Å². The van der Waals surface area contributed by atoms with Gasteiger partial charge in [-0.3, -0.25) is 9.59 Å². The molecule has 140 valence electrons. The summed E-state index contributed by atoms with van der Waals surface area (Å²) in [6, 6.07) is 15.3. The Morgan fingerprint density at radius 2 is 1.89 bits per heavy atom. The molecule has 6 heteroatoms. The third kappa shape index (κ3) is 3.32.